The van der Waals surface area contributed by atoms with E-state index in [-0.39, 0.29) is 11.9 Å². The Kier molecular flexibility index (Phi) is 3.81. The molecular formula is C19H22FN. The first kappa shape index (κ1) is 14.3. The topological polar surface area (TPSA) is 26.0 Å². The molecule has 0 saturated carbocycles. The van der Waals surface area contributed by atoms with E-state index in [9.17, 15) is 4.39 Å². The summed E-state index contributed by atoms with van der Waals surface area (Å²) in [5, 5.41) is 0. The van der Waals surface area contributed by atoms with Gasteiger partial charge in [-0.05, 0) is 73.1 Å². The van der Waals surface area contributed by atoms with Gasteiger partial charge in [0.15, 0.2) is 0 Å². The molecule has 0 heterocycles. The van der Waals surface area contributed by atoms with Crippen LogP contribution in [-0.2, 0) is 6.42 Å². The molecule has 110 valence electrons. The van der Waals surface area contributed by atoms with Crippen molar-refractivity contribution in [2.75, 3.05) is 0 Å². The zero-order valence-corrected chi connectivity index (χ0v) is 12.7. The van der Waals surface area contributed by atoms with Gasteiger partial charge in [-0.25, -0.2) is 4.39 Å². The van der Waals surface area contributed by atoms with Gasteiger partial charge in [0.25, 0.3) is 0 Å². The van der Waals surface area contributed by atoms with Crippen molar-refractivity contribution in [1.29, 1.82) is 0 Å². The van der Waals surface area contributed by atoms with E-state index in [2.05, 4.69) is 24.3 Å². The molecule has 2 aromatic rings. The summed E-state index contributed by atoms with van der Waals surface area (Å²) in [4.78, 5) is 0. The maximum atomic E-state index is 13.5. The Morgan fingerprint density at radius 2 is 1.81 bits per heavy atom. The lowest BCUT2D eigenvalue weighted by molar-refractivity contribution is 0.471. The van der Waals surface area contributed by atoms with Crippen LogP contribution in [0.25, 0.3) is 0 Å². The number of hydrogen-bond donors (Lipinski definition) is 1. The van der Waals surface area contributed by atoms with Crippen LogP contribution in [0.5, 0.6) is 0 Å². The summed E-state index contributed by atoms with van der Waals surface area (Å²) < 4.78 is 13.5. The maximum Gasteiger partial charge on any atom is 0.123 e. The summed E-state index contributed by atoms with van der Waals surface area (Å²) in [6.45, 7) is 3.92. The Balaban J connectivity index is 2.03. The van der Waals surface area contributed by atoms with E-state index < -0.39 is 0 Å². The van der Waals surface area contributed by atoms with Gasteiger partial charge in [0.05, 0.1) is 0 Å². The first-order valence-corrected chi connectivity index (χ1v) is 7.68. The minimum absolute atomic E-state index is 0.0629. The molecule has 0 fully saturated rings. The van der Waals surface area contributed by atoms with Crippen LogP contribution in [0.3, 0.4) is 0 Å². The summed E-state index contributed by atoms with van der Waals surface area (Å²) in [5.74, 6) is 0.155. The predicted molar refractivity (Wildman–Crippen MR) is 84.9 cm³/mol. The second-order valence-corrected chi connectivity index (χ2v) is 6.18. The molecule has 0 bridgehead atoms. The number of halogens is 1. The monoisotopic (exact) mass is 283 g/mol. The fourth-order valence-electron chi connectivity index (χ4n) is 3.81. The average molecular weight is 283 g/mol. The molecule has 2 heteroatoms. The SMILES string of the molecule is Cc1cc(F)cc(C)c1C(N)C1CCCc2ccccc21. The van der Waals surface area contributed by atoms with Crippen LogP contribution in [0.1, 0.15) is 52.6 Å². The summed E-state index contributed by atoms with van der Waals surface area (Å²) >= 11 is 0. The Hall–Kier alpha value is -1.67. The van der Waals surface area contributed by atoms with Crippen LogP contribution in [0.2, 0.25) is 0 Å². The van der Waals surface area contributed by atoms with Crippen LogP contribution in [0.15, 0.2) is 36.4 Å². The van der Waals surface area contributed by atoms with Crippen molar-refractivity contribution in [3.63, 3.8) is 0 Å². The van der Waals surface area contributed by atoms with Gasteiger partial charge in [-0.1, -0.05) is 24.3 Å². The van der Waals surface area contributed by atoms with Crippen LogP contribution in [0.4, 0.5) is 4.39 Å². The van der Waals surface area contributed by atoms with Crippen molar-refractivity contribution in [3.05, 3.63) is 70.0 Å². The normalized spacial score (nSPS) is 19.1. The lowest BCUT2D eigenvalue weighted by Crippen LogP contribution is -2.25. The highest BCUT2D eigenvalue weighted by Gasteiger charge is 2.28. The highest BCUT2D eigenvalue weighted by atomic mass is 19.1. The molecule has 21 heavy (non-hydrogen) atoms. The molecule has 1 aliphatic carbocycles. The number of aryl methyl sites for hydroxylation is 3. The van der Waals surface area contributed by atoms with Crippen LogP contribution in [-0.4, -0.2) is 0 Å². The Morgan fingerprint density at radius 1 is 1.14 bits per heavy atom. The van der Waals surface area contributed by atoms with Crippen LogP contribution < -0.4 is 5.73 Å². The molecule has 2 unspecified atom stereocenters. The van der Waals surface area contributed by atoms with Gasteiger partial charge >= 0.3 is 0 Å². The molecule has 1 aliphatic rings. The first-order valence-electron chi connectivity index (χ1n) is 7.68. The third kappa shape index (κ3) is 2.60. The van der Waals surface area contributed by atoms with E-state index in [0.29, 0.717) is 5.92 Å². The summed E-state index contributed by atoms with van der Waals surface area (Å²) in [5.41, 5.74) is 12.4. The second-order valence-electron chi connectivity index (χ2n) is 6.18. The molecule has 2 aromatic carbocycles. The Morgan fingerprint density at radius 3 is 2.52 bits per heavy atom. The Bertz CT molecular complexity index is 639. The highest BCUT2D eigenvalue weighted by Crippen LogP contribution is 2.40. The minimum Gasteiger partial charge on any atom is -0.323 e. The van der Waals surface area contributed by atoms with Gasteiger partial charge in [0.1, 0.15) is 5.82 Å². The lowest BCUT2D eigenvalue weighted by Gasteiger charge is -2.32. The zero-order valence-electron chi connectivity index (χ0n) is 12.7. The molecule has 0 amide bonds. The predicted octanol–water partition coefficient (Wildman–Crippen LogP) is 4.56. The lowest BCUT2D eigenvalue weighted by atomic mass is 9.75. The van der Waals surface area contributed by atoms with E-state index in [0.717, 1.165) is 29.5 Å². The average Bonchev–Trinajstić information content (AvgIpc) is 2.45. The number of rotatable bonds is 2. The highest BCUT2D eigenvalue weighted by molar-refractivity contribution is 5.41. The van der Waals surface area contributed by atoms with E-state index in [1.54, 1.807) is 12.1 Å². The van der Waals surface area contributed by atoms with E-state index in [1.165, 1.54) is 17.5 Å². The number of nitrogens with two attached hydrogens (primary N) is 1. The molecule has 2 atom stereocenters. The van der Waals surface area contributed by atoms with Gasteiger partial charge in [0.2, 0.25) is 0 Å². The largest absolute Gasteiger partial charge is 0.323 e. The van der Waals surface area contributed by atoms with Crippen LogP contribution in [0, 0.1) is 19.7 Å². The molecule has 3 rings (SSSR count). The summed E-state index contributed by atoms with van der Waals surface area (Å²) in [6, 6.07) is 11.7. The molecular weight excluding hydrogens is 261 g/mol. The quantitative estimate of drug-likeness (QED) is 0.859. The van der Waals surface area contributed by atoms with Gasteiger partial charge in [-0.3, -0.25) is 0 Å². The summed E-state index contributed by atoms with van der Waals surface area (Å²) in [7, 11) is 0. The van der Waals surface area contributed by atoms with Crippen molar-refractivity contribution >= 4 is 0 Å². The molecule has 0 radical (unpaired) electrons. The first-order chi connectivity index (χ1) is 10.1. The number of hydrogen-bond acceptors (Lipinski definition) is 1. The zero-order chi connectivity index (χ0) is 15.0. The van der Waals surface area contributed by atoms with Gasteiger partial charge in [-0.2, -0.15) is 0 Å². The molecule has 0 saturated heterocycles. The van der Waals surface area contributed by atoms with Crippen molar-refractivity contribution in [2.24, 2.45) is 5.73 Å². The fraction of sp³-hybridized carbons (Fsp3) is 0.368. The molecule has 0 spiro atoms. The second kappa shape index (κ2) is 5.61. The number of fused-ring (bicyclic) bond motifs is 1. The van der Waals surface area contributed by atoms with E-state index >= 15 is 0 Å². The van der Waals surface area contributed by atoms with Crippen LogP contribution >= 0.6 is 0 Å². The minimum atomic E-state index is -0.176. The van der Waals surface area contributed by atoms with Crippen molar-refractivity contribution < 1.29 is 4.39 Å². The fourth-order valence-corrected chi connectivity index (χ4v) is 3.81. The maximum absolute atomic E-state index is 13.5. The number of benzene rings is 2. The standard InChI is InChI=1S/C19H22FN/c1-12-10-15(20)11-13(2)18(12)19(21)17-9-5-7-14-6-3-4-8-16(14)17/h3-4,6,8,10-11,17,19H,5,7,9,21H2,1-2H3. The van der Waals surface area contributed by atoms with Gasteiger partial charge in [0, 0.05) is 12.0 Å². The van der Waals surface area contributed by atoms with E-state index in [1.807, 2.05) is 13.8 Å². The smallest absolute Gasteiger partial charge is 0.123 e. The Labute approximate surface area is 126 Å². The molecule has 2 N–H and O–H groups in total. The molecule has 0 aromatic heterocycles. The van der Waals surface area contributed by atoms with E-state index in [4.69, 9.17) is 5.73 Å². The van der Waals surface area contributed by atoms with Gasteiger partial charge in [-0.15, -0.1) is 0 Å². The third-order valence-corrected chi connectivity index (χ3v) is 4.74. The van der Waals surface area contributed by atoms with Crippen molar-refractivity contribution in [2.45, 2.75) is 45.1 Å². The molecule has 0 aliphatic heterocycles. The van der Waals surface area contributed by atoms with Crippen molar-refractivity contribution in [3.8, 4) is 0 Å². The summed E-state index contributed by atoms with van der Waals surface area (Å²) in [6.07, 6.45) is 3.42. The third-order valence-electron chi connectivity index (χ3n) is 4.74. The van der Waals surface area contributed by atoms with Crippen molar-refractivity contribution in [1.82, 2.24) is 0 Å². The molecule has 1 nitrogen and oxygen atoms in total. The van der Waals surface area contributed by atoms with Gasteiger partial charge < -0.3 is 5.73 Å².